The molecule has 0 spiro atoms. The van der Waals surface area contributed by atoms with Crippen molar-refractivity contribution in [3.8, 4) is 0 Å². The lowest BCUT2D eigenvalue weighted by Crippen LogP contribution is -2.27. The fourth-order valence-corrected chi connectivity index (χ4v) is 2.59. The molecule has 1 aliphatic carbocycles. The number of nitrogens with one attached hydrogen (secondary N) is 1. The zero-order chi connectivity index (χ0) is 9.03. The molecule has 0 aromatic carbocycles. The predicted molar refractivity (Wildman–Crippen MR) is 49.4 cm³/mol. The van der Waals surface area contributed by atoms with Gasteiger partial charge < -0.3 is 0 Å². The van der Waals surface area contributed by atoms with Crippen LogP contribution in [0.15, 0.2) is 0 Å². The van der Waals surface area contributed by atoms with Crippen LogP contribution in [-0.4, -0.2) is 20.7 Å². The highest BCUT2D eigenvalue weighted by Crippen LogP contribution is 2.29. The van der Waals surface area contributed by atoms with E-state index in [-0.39, 0.29) is 0 Å². The van der Waals surface area contributed by atoms with Crippen LogP contribution in [0.25, 0.3) is 0 Å². The average molecular weight is 191 g/mol. The zero-order valence-electron chi connectivity index (χ0n) is 7.54. The molecule has 0 aromatic rings. The van der Waals surface area contributed by atoms with Crippen LogP contribution in [0.1, 0.15) is 32.6 Å². The molecule has 0 aromatic heterocycles. The maximum atomic E-state index is 11.2. The van der Waals surface area contributed by atoms with Gasteiger partial charge in [-0.05, 0) is 25.2 Å². The molecule has 1 N–H and O–H groups in total. The van der Waals surface area contributed by atoms with E-state index in [0.717, 1.165) is 25.7 Å². The van der Waals surface area contributed by atoms with Gasteiger partial charge in [0.05, 0.1) is 5.75 Å². The molecule has 1 saturated carbocycles. The Labute approximate surface area is 74.6 Å². The molecule has 12 heavy (non-hydrogen) atoms. The molecule has 0 heterocycles. The molecule has 1 fully saturated rings. The number of hydrogen-bond donors (Lipinski definition) is 1. The number of unbranched alkanes of at least 4 members (excludes halogenated alkanes) is 1. The van der Waals surface area contributed by atoms with E-state index in [4.69, 9.17) is 0 Å². The van der Waals surface area contributed by atoms with Crippen LogP contribution < -0.4 is 4.72 Å². The van der Waals surface area contributed by atoms with Crippen molar-refractivity contribution < 1.29 is 8.42 Å². The molecule has 0 saturated heterocycles. The van der Waals surface area contributed by atoms with E-state index in [9.17, 15) is 8.42 Å². The fraction of sp³-hybridized carbons (Fsp3) is 1.00. The van der Waals surface area contributed by atoms with Crippen molar-refractivity contribution in [2.75, 3.05) is 12.3 Å². The van der Waals surface area contributed by atoms with Gasteiger partial charge in [-0.2, -0.15) is 0 Å². The normalized spacial score (nSPS) is 18.1. The molecule has 0 unspecified atom stereocenters. The molecule has 0 bridgehead atoms. The quantitative estimate of drug-likeness (QED) is 0.639. The van der Waals surface area contributed by atoms with Gasteiger partial charge in [0.2, 0.25) is 10.0 Å². The predicted octanol–water partition coefficient (Wildman–Crippen LogP) is 1.12. The summed E-state index contributed by atoms with van der Waals surface area (Å²) in [7, 11) is -2.94. The van der Waals surface area contributed by atoms with Gasteiger partial charge >= 0.3 is 0 Å². The summed E-state index contributed by atoms with van der Waals surface area (Å²) in [6.07, 6.45) is 4.15. The summed E-state index contributed by atoms with van der Waals surface area (Å²) in [5, 5.41) is 0. The topological polar surface area (TPSA) is 46.2 Å². The minimum atomic E-state index is -2.94. The lowest BCUT2D eigenvalue weighted by molar-refractivity contribution is 0.574. The highest BCUT2D eigenvalue weighted by molar-refractivity contribution is 7.89. The van der Waals surface area contributed by atoms with E-state index in [0.29, 0.717) is 18.2 Å². The fourth-order valence-electron chi connectivity index (χ4n) is 1.06. The van der Waals surface area contributed by atoms with E-state index < -0.39 is 10.0 Å². The van der Waals surface area contributed by atoms with Crippen molar-refractivity contribution in [3.05, 3.63) is 0 Å². The van der Waals surface area contributed by atoms with Gasteiger partial charge in [-0.15, -0.1) is 0 Å². The van der Waals surface area contributed by atoms with Gasteiger partial charge in [0, 0.05) is 6.54 Å². The van der Waals surface area contributed by atoms with E-state index in [1.807, 2.05) is 0 Å². The number of sulfonamides is 1. The Balaban J connectivity index is 2.17. The summed E-state index contributed by atoms with van der Waals surface area (Å²) >= 11 is 0. The van der Waals surface area contributed by atoms with Crippen molar-refractivity contribution >= 4 is 10.0 Å². The molecule has 0 aliphatic heterocycles. The van der Waals surface area contributed by atoms with Crippen LogP contribution in [0.2, 0.25) is 0 Å². The lowest BCUT2D eigenvalue weighted by atomic mass is 10.3. The van der Waals surface area contributed by atoms with E-state index in [2.05, 4.69) is 11.6 Å². The molecule has 1 aliphatic rings. The Bertz CT molecular complexity index is 219. The van der Waals surface area contributed by atoms with E-state index >= 15 is 0 Å². The van der Waals surface area contributed by atoms with Crippen LogP contribution >= 0.6 is 0 Å². The van der Waals surface area contributed by atoms with Gasteiger partial charge in [-0.25, -0.2) is 13.1 Å². The largest absolute Gasteiger partial charge is 0.215 e. The summed E-state index contributed by atoms with van der Waals surface area (Å²) in [5.41, 5.74) is 0. The van der Waals surface area contributed by atoms with Crippen molar-refractivity contribution in [2.24, 2.45) is 5.92 Å². The first kappa shape index (κ1) is 9.99. The molecule has 0 radical (unpaired) electrons. The van der Waals surface area contributed by atoms with Gasteiger partial charge in [-0.1, -0.05) is 13.3 Å². The number of hydrogen-bond acceptors (Lipinski definition) is 2. The Hall–Kier alpha value is -0.0900. The van der Waals surface area contributed by atoms with Gasteiger partial charge in [0.15, 0.2) is 0 Å². The number of rotatable bonds is 6. The minimum absolute atomic E-state index is 0.344. The van der Waals surface area contributed by atoms with Crippen LogP contribution in [0.5, 0.6) is 0 Å². The van der Waals surface area contributed by atoms with Crippen LogP contribution in [0.3, 0.4) is 0 Å². The standard InChI is InChI=1S/C8H17NO2S/c1-2-3-6-9-12(10,11)7-8-4-5-8/h8-9H,2-7H2,1H3. The summed E-state index contributed by atoms with van der Waals surface area (Å²) in [4.78, 5) is 0. The molecule has 72 valence electrons. The second-order valence-electron chi connectivity index (χ2n) is 3.47. The molecular formula is C8H17NO2S. The van der Waals surface area contributed by atoms with E-state index in [1.165, 1.54) is 0 Å². The SMILES string of the molecule is CCCCNS(=O)(=O)CC1CC1. The first-order valence-corrected chi connectivity index (χ1v) is 6.26. The molecular weight excluding hydrogens is 174 g/mol. The molecule has 4 heteroatoms. The summed E-state index contributed by atoms with van der Waals surface area (Å²) in [6.45, 7) is 2.65. The van der Waals surface area contributed by atoms with Crippen molar-refractivity contribution in [3.63, 3.8) is 0 Å². The molecule has 0 atom stereocenters. The van der Waals surface area contributed by atoms with Gasteiger partial charge in [0.25, 0.3) is 0 Å². The summed E-state index contributed by atoms with van der Waals surface area (Å²) < 4.78 is 25.1. The van der Waals surface area contributed by atoms with E-state index in [1.54, 1.807) is 0 Å². The second-order valence-corrected chi connectivity index (χ2v) is 5.32. The zero-order valence-corrected chi connectivity index (χ0v) is 8.36. The van der Waals surface area contributed by atoms with Gasteiger partial charge in [0.1, 0.15) is 0 Å². The van der Waals surface area contributed by atoms with Gasteiger partial charge in [-0.3, -0.25) is 0 Å². The Morgan fingerprint density at radius 1 is 1.42 bits per heavy atom. The van der Waals surface area contributed by atoms with Crippen molar-refractivity contribution in [1.29, 1.82) is 0 Å². The van der Waals surface area contributed by atoms with Crippen LogP contribution in [0, 0.1) is 5.92 Å². The lowest BCUT2D eigenvalue weighted by Gasteiger charge is -2.03. The molecule has 1 rings (SSSR count). The third kappa shape index (κ3) is 4.07. The molecule has 0 amide bonds. The van der Waals surface area contributed by atoms with Crippen molar-refractivity contribution in [2.45, 2.75) is 32.6 Å². The maximum absolute atomic E-state index is 11.2. The minimum Gasteiger partial charge on any atom is -0.215 e. The summed E-state index contributed by atoms with van der Waals surface area (Å²) in [6, 6.07) is 0. The highest BCUT2D eigenvalue weighted by atomic mass is 32.2. The Kier molecular flexibility index (Phi) is 3.53. The first-order chi connectivity index (χ1) is 5.64. The summed E-state index contributed by atoms with van der Waals surface area (Å²) in [5.74, 6) is 0.792. The Morgan fingerprint density at radius 3 is 2.58 bits per heavy atom. The smallest absolute Gasteiger partial charge is 0.211 e. The molecule has 3 nitrogen and oxygen atoms in total. The van der Waals surface area contributed by atoms with Crippen molar-refractivity contribution in [1.82, 2.24) is 4.72 Å². The second kappa shape index (κ2) is 4.23. The maximum Gasteiger partial charge on any atom is 0.211 e. The Morgan fingerprint density at radius 2 is 2.08 bits per heavy atom. The highest BCUT2D eigenvalue weighted by Gasteiger charge is 2.27. The van der Waals surface area contributed by atoms with Crippen LogP contribution in [-0.2, 0) is 10.0 Å². The first-order valence-electron chi connectivity index (χ1n) is 4.61. The third-order valence-corrected chi connectivity index (χ3v) is 3.56. The van der Waals surface area contributed by atoms with Crippen LogP contribution in [0.4, 0.5) is 0 Å². The average Bonchev–Trinajstić information content (AvgIpc) is 2.71. The third-order valence-electron chi connectivity index (χ3n) is 2.00. The monoisotopic (exact) mass is 191 g/mol.